The molecule has 0 fully saturated rings. The van der Waals surface area contributed by atoms with Crippen LogP contribution in [0.4, 0.5) is 5.69 Å². The highest BCUT2D eigenvalue weighted by Crippen LogP contribution is 2.16. The number of hydrogen-bond donors (Lipinski definition) is 1. The van der Waals surface area contributed by atoms with Gasteiger partial charge in [0, 0.05) is 13.7 Å². The predicted molar refractivity (Wildman–Crippen MR) is 58.8 cm³/mol. The van der Waals surface area contributed by atoms with E-state index in [0.29, 0.717) is 30.7 Å². The van der Waals surface area contributed by atoms with E-state index in [1.165, 1.54) is 0 Å². The predicted octanol–water partition coefficient (Wildman–Crippen LogP) is 1.05. The van der Waals surface area contributed by atoms with Crippen LogP contribution in [0.15, 0.2) is 6.20 Å². The topological polar surface area (TPSA) is 62.3 Å². The zero-order valence-electron chi connectivity index (χ0n) is 9.56. The van der Waals surface area contributed by atoms with Crippen LogP contribution in [-0.4, -0.2) is 29.6 Å². The van der Waals surface area contributed by atoms with Crippen molar-refractivity contribution in [1.82, 2.24) is 9.78 Å². The zero-order valence-corrected chi connectivity index (χ0v) is 9.56. The molecule has 0 radical (unpaired) electrons. The van der Waals surface area contributed by atoms with E-state index in [0.717, 1.165) is 6.61 Å². The van der Waals surface area contributed by atoms with E-state index in [2.05, 4.69) is 18.9 Å². The van der Waals surface area contributed by atoms with Crippen molar-refractivity contribution < 1.29 is 9.47 Å². The molecule has 86 valence electrons. The SMILES string of the molecule is CC(C)COCCOc1nn(C)cc1N. The van der Waals surface area contributed by atoms with Crippen molar-refractivity contribution in [2.24, 2.45) is 13.0 Å². The zero-order chi connectivity index (χ0) is 11.3. The van der Waals surface area contributed by atoms with Gasteiger partial charge in [0.15, 0.2) is 0 Å². The summed E-state index contributed by atoms with van der Waals surface area (Å²) in [7, 11) is 1.80. The molecule has 2 N–H and O–H groups in total. The van der Waals surface area contributed by atoms with Crippen LogP contribution in [0.2, 0.25) is 0 Å². The fourth-order valence-electron chi connectivity index (χ4n) is 1.11. The number of aryl methyl sites for hydroxylation is 1. The van der Waals surface area contributed by atoms with E-state index in [9.17, 15) is 0 Å². The maximum atomic E-state index is 5.66. The molecule has 0 saturated carbocycles. The molecule has 1 rings (SSSR count). The van der Waals surface area contributed by atoms with Crippen LogP contribution in [0.25, 0.3) is 0 Å². The van der Waals surface area contributed by atoms with Gasteiger partial charge in [0.2, 0.25) is 0 Å². The smallest absolute Gasteiger partial charge is 0.256 e. The van der Waals surface area contributed by atoms with Crippen molar-refractivity contribution in [2.75, 3.05) is 25.6 Å². The Morgan fingerprint density at radius 3 is 2.73 bits per heavy atom. The summed E-state index contributed by atoms with van der Waals surface area (Å²) in [5.41, 5.74) is 6.21. The molecular formula is C10H19N3O2. The van der Waals surface area contributed by atoms with Gasteiger partial charge in [-0.2, -0.15) is 0 Å². The van der Waals surface area contributed by atoms with Gasteiger partial charge < -0.3 is 15.2 Å². The van der Waals surface area contributed by atoms with Crippen molar-refractivity contribution in [3.05, 3.63) is 6.20 Å². The fraction of sp³-hybridized carbons (Fsp3) is 0.700. The minimum atomic E-state index is 0.477. The van der Waals surface area contributed by atoms with Crippen molar-refractivity contribution in [2.45, 2.75) is 13.8 Å². The first-order chi connectivity index (χ1) is 7.09. The number of rotatable bonds is 6. The van der Waals surface area contributed by atoms with Gasteiger partial charge in [-0.1, -0.05) is 13.8 Å². The van der Waals surface area contributed by atoms with Crippen LogP contribution in [0.1, 0.15) is 13.8 Å². The lowest BCUT2D eigenvalue weighted by atomic mass is 10.2. The van der Waals surface area contributed by atoms with Crippen LogP contribution in [0.5, 0.6) is 5.88 Å². The van der Waals surface area contributed by atoms with Crippen LogP contribution < -0.4 is 10.5 Å². The third-order valence-electron chi connectivity index (χ3n) is 1.74. The summed E-state index contributed by atoms with van der Waals surface area (Å²) in [6.45, 7) is 6.01. The maximum Gasteiger partial charge on any atom is 0.256 e. The molecule has 5 nitrogen and oxygen atoms in total. The molecule has 0 saturated heterocycles. The van der Waals surface area contributed by atoms with Gasteiger partial charge in [0.25, 0.3) is 5.88 Å². The minimum absolute atomic E-state index is 0.477. The molecule has 0 aliphatic heterocycles. The molecule has 15 heavy (non-hydrogen) atoms. The van der Waals surface area contributed by atoms with Crippen LogP contribution in [0.3, 0.4) is 0 Å². The van der Waals surface area contributed by atoms with Gasteiger partial charge in [-0.15, -0.1) is 5.10 Å². The molecule has 0 spiro atoms. The average Bonchev–Trinajstić information content (AvgIpc) is 2.44. The normalized spacial score (nSPS) is 10.9. The van der Waals surface area contributed by atoms with E-state index in [4.69, 9.17) is 15.2 Å². The molecule has 0 aliphatic rings. The van der Waals surface area contributed by atoms with Crippen LogP contribution in [-0.2, 0) is 11.8 Å². The van der Waals surface area contributed by atoms with E-state index in [-0.39, 0.29) is 0 Å². The second-order valence-electron chi connectivity index (χ2n) is 3.88. The number of hydrogen-bond acceptors (Lipinski definition) is 4. The molecular weight excluding hydrogens is 194 g/mol. The summed E-state index contributed by atoms with van der Waals surface area (Å²) in [4.78, 5) is 0. The average molecular weight is 213 g/mol. The third kappa shape index (κ3) is 4.20. The number of nitrogens with zero attached hydrogens (tertiary/aromatic N) is 2. The quantitative estimate of drug-likeness (QED) is 0.717. The van der Waals surface area contributed by atoms with Crippen molar-refractivity contribution >= 4 is 5.69 Å². The Kier molecular flexibility index (Phi) is 4.42. The second kappa shape index (κ2) is 5.60. The van der Waals surface area contributed by atoms with Crippen molar-refractivity contribution in [3.8, 4) is 5.88 Å². The Bertz CT molecular complexity index is 297. The second-order valence-corrected chi connectivity index (χ2v) is 3.88. The summed E-state index contributed by atoms with van der Waals surface area (Å²) >= 11 is 0. The Morgan fingerprint density at radius 2 is 2.20 bits per heavy atom. The Morgan fingerprint density at radius 1 is 1.47 bits per heavy atom. The van der Waals surface area contributed by atoms with Crippen molar-refractivity contribution in [3.63, 3.8) is 0 Å². The molecule has 1 aromatic rings. The number of aromatic nitrogens is 2. The van der Waals surface area contributed by atoms with Gasteiger partial charge in [0.05, 0.1) is 12.8 Å². The molecule has 0 amide bonds. The highest BCUT2D eigenvalue weighted by Gasteiger charge is 2.04. The van der Waals surface area contributed by atoms with Gasteiger partial charge in [0.1, 0.15) is 12.3 Å². The molecule has 1 aromatic heterocycles. The molecule has 1 heterocycles. The molecule has 0 bridgehead atoms. The van der Waals surface area contributed by atoms with Gasteiger partial charge in [-0.05, 0) is 5.92 Å². The van der Waals surface area contributed by atoms with E-state index >= 15 is 0 Å². The lowest BCUT2D eigenvalue weighted by Crippen LogP contribution is -2.11. The molecule has 0 aliphatic carbocycles. The summed E-state index contributed by atoms with van der Waals surface area (Å²) < 4.78 is 12.3. The first-order valence-electron chi connectivity index (χ1n) is 5.09. The van der Waals surface area contributed by atoms with Crippen LogP contribution in [0, 0.1) is 5.92 Å². The fourth-order valence-corrected chi connectivity index (χ4v) is 1.11. The lowest BCUT2D eigenvalue weighted by molar-refractivity contribution is 0.0806. The minimum Gasteiger partial charge on any atom is -0.473 e. The van der Waals surface area contributed by atoms with Crippen LogP contribution >= 0.6 is 0 Å². The largest absolute Gasteiger partial charge is 0.473 e. The van der Waals surface area contributed by atoms with Crippen molar-refractivity contribution in [1.29, 1.82) is 0 Å². The standard InChI is InChI=1S/C10H19N3O2/c1-8(2)7-14-4-5-15-10-9(11)6-13(3)12-10/h6,8H,4-5,7,11H2,1-3H3. The summed E-state index contributed by atoms with van der Waals surface area (Å²) in [5, 5.41) is 4.06. The summed E-state index contributed by atoms with van der Waals surface area (Å²) in [5.74, 6) is 1.02. The number of nitrogen functional groups attached to an aromatic ring is 1. The van der Waals surface area contributed by atoms with Gasteiger partial charge in [-0.3, -0.25) is 4.68 Å². The monoisotopic (exact) mass is 213 g/mol. The molecule has 0 unspecified atom stereocenters. The lowest BCUT2D eigenvalue weighted by Gasteiger charge is -2.07. The third-order valence-corrected chi connectivity index (χ3v) is 1.74. The van der Waals surface area contributed by atoms with Gasteiger partial charge in [-0.25, -0.2) is 0 Å². The number of anilines is 1. The first kappa shape index (κ1) is 11.8. The van der Waals surface area contributed by atoms with E-state index in [1.807, 2.05) is 0 Å². The Hall–Kier alpha value is -1.23. The van der Waals surface area contributed by atoms with E-state index < -0.39 is 0 Å². The van der Waals surface area contributed by atoms with Gasteiger partial charge >= 0.3 is 0 Å². The van der Waals surface area contributed by atoms with E-state index in [1.54, 1.807) is 17.9 Å². The highest BCUT2D eigenvalue weighted by atomic mass is 16.5. The number of ether oxygens (including phenoxy) is 2. The Labute approximate surface area is 90.2 Å². The molecule has 0 atom stereocenters. The highest BCUT2D eigenvalue weighted by molar-refractivity contribution is 5.45. The first-order valence-corrected chi connectivity index (χ1v) is 5.09. The molecule has 0 aromatic carbocycles. The number of nitrogens with two attached hydrogens (primary N) is 1. The molecule has 5 heteroatoms. The summed E-state index contributed by atoms with van der Waals surface area (Å²) in [6, 6.07) is 0. The Balaban J connectivity index is 2.17. The maximum absolute atomic E-state index is 5.66. The summed E-state index contributed by atoms with van der Waals surface area (Å²) in [6.07, 6.45) is 1.71.